The number of urea groups is 1. The molecule has 3 amide bonds. The molecule has 1 heterocycles. The minimum absolute atomic E-state index is 0.0814. The van der Waals surface area contributed by atoms with Gasteiger partial charge >= 0.3 is 18.0 Å². The first-order valence-electron chi connectivity index (χ1n) is 6.17. The highest BCUT2D eigenvalue weighted by molar-refractivity contribution is 5.83. The molecule has 1 saturated heterocycles. The lowest BCUT2D eigenvalue weighted by Gasteiger charge is -2.16. The lowest BCUT2D eigenvalue weighted by molar-refractivity contribution is -0.140. The Kier molecular flexibility index (Phi) is 5.75. The van der Waals surface area contributed by atoms with Crippen LogP contribution in [0.3, 0.4) is 0 Å². The predicted octanol–water partition coefficient (Wildman–Crippen LogP) is -1.12. The van der Waals surface area contributed by atoms with E-state index in [-0.39, 0.29) is 31.3 Å². The topological polar surface area (TPSA) is 145 Å². The van der Waals surface area contributed by atoms with E-state index in [4.69, 9.17) is 10.2 Å². The third-order valence-corrected chi connectivity index (χ3v) is 2.84. The van der Waals surface area contributed by atoms with Crippen molar-refractivity contribution in [2.75, 3.05) is 6.54 Å². The molecule has 9 heteroatoms. The highest BCUT2D eigenvalue weighted by Crippen LogP contribution is 2.05. The third-order valence-electron chi connectivity index (χ3n) is 2.84. The lowest BCUT2D eigenvalue weighted by atomic mass is 10.1. The molecule has 0 aromatic carbocycles. The summed E-state index contributed by atoms with van der Waals surface area (Å²) in [6.45, 7) is 0.197. The van der Waals surface area contributed by atoms with Gasteiger partial charge in [-0.2, -0.15) is 0 Å². The maximum atomic E-state index is 11.5. The summed E-state index contributed by atoms with van der Waals surface area (Å²) in [5, 5.41) is 24.6. The van der Waals surface area contributed by atoms with E-state index in [9.17, 15) is 19.2 Å². The van der Waals surface area contributed by atoms with E-state index in [0.29, 0.717) is 12.8 Å². The van der Waals surface area contributed by atoms with Gasteiger partial charge in [0.1, 0.15) is 6.04 Å². The van der Waals surface area contributed by atoms with Crippen molar-refractivity contribution in [1.82, 2.24) is 16.0 Å². The van der Waals surface area contributed by atoms with Crippen LogP contribution in [0, 0.1) is 0 Å². The van der Waals surface area contributed by atoms with E-state index in [1.807, 2.05) is 0 Å². The van der Waals surface area contributed by atoms with Gasteiger partial charge in [0.2, 0.25) is 5.91 Å². The second kappa shape index (κ2) is 7.31. The van der Waals surface area contributed by atoms with E-state index in [1.165, 1.54) is 0 Å². The van der Waals surface area contributed by atoms with E-state index in [0.717, 1.165) is 0 Å². The van der Waals surface area contributed by atoms with Crippen LogP contribution in [-0.2, 0) is 14.4 Å². The smallest absolute Gasteiger partial charge is 0.326 e. The van der Waals surface area contributed by atoms with Crippen LogP contribution < -0.4 is 16.0 Å². The van der Waals surface area contributed by atoms with Crippen molar-refractivity contribution in [3.05, 3.63) is 0 Å². The van der Waals surface area contributed by atoms with Crippen LogP contribution in [0.1, 0.15) is 25.7 Å². The van der Waals surface area contributed by atoms with Gasteiger partial charge in [-0.25, -0.2) is 9.59 Å². The molecule has 112 valence electrons. The summed E-state index contributed by atoms with van der Waals surface area (Å²) in [5.74, 6) is -2.51. The molecule has 20 heavy (non-hydrogen) atoms. The van der Waals surface area contributed by atoms with Crippen LogP contribution in [0.2, 0.25) is 0 Å². The third kappa shape index (κ3) is 5.55. The van der Waals surface area contributed by atoms with Crippen LogP contribution in [0.15, 0.2) is 0 Å². The molecule has 0 spiro atoms. The first kappa shape index (κ1) is 15.7. The standard InChI is InChI=1S/C11H17N3O6/c15-8-3-1-6(13-8)5-12-11(20)14-7(10(18)19)2-4-9(16)17/h6-7H,1-5H2,(H,13,15)(H,16,17)(H,18,19)(H2,12,14,20). The molecule has 0 aromatic rings. The number of carbonyl (C=O) groups excluding carboxylic acids is 2. The number of aliphatic carboxylic acids is 2. The number of carboxylic acid groups (broad SMARTS) is 2. The van der Waals surface area contributed by atoms with Gasteiger partial charge in [0.25, 0.3) is 0 Å². The Morgan fingerprint density at radius 3 is 2.55 bits per heavy atom. The minimum atomic E-state index is -1.30. The molecule has 0 saturated carbocycles. The highest BCUT2D eigenvalue weighted by atomic mass is 16.4. The van der Waals surface area contributed by atoms with E-state index in [2.05, 4.69) is 16.0 Å². The Morgan fingerprint density at radius 1 is 1.35 bits per heavy atom. The lowest BCUT2D eigenvalue weighted by Crippen LogP contribution is -2.49. The Labute approximate surface area is 114 Å². The number of hydrogen-bond donors (Lipinski definition) is 5. The average Bonchev–Trinajstić information content (AvgIpc) is 2.77. The molecule has 5 N–H and O–H groups in total. The maximum Gasteiger partial charge on any atom is 0.326 e. The molecular formula is C11H17N3O6. The summed E-state index contributed by atoms with van der Waals surface area (Å²) in [5.41, 5.74) is 0. The zero-order valence-corrected chi connectivity index (χ0v) is 10.7. The van der Waals surface area contributed by atoms with Crippen molar-refractivity contribution >= 4 is 23.9 Å². The van der Waals surface area contributed by atoms with Crippen molar-refractivity contribution < 1.29 is 29.4 Å². The van der Waals surface area contributed by atoms with Crippen molar-refractivity contribution in [3.8, 4) is 0 Å². The van der Waals surface area contributed by atoms with Crippen LogP contribution in [0.5, 0.6) is 0 Å². The Bertz CT molecular complexity index is 411. The molecule has 1 aliphatic rings. The molecule has 0 aliphatic carbocycles. The Morgan fingerprint density at radius 2 is 2.05 bits per heavy atom. The Hall–Kier alpha value is -2.32. The molecule has 0 aromatic heterocycles. The number of carbonyl (C=O) groups is 4. The summed E-state index contributed by atoms with van der Waals surface area (Å²) in [4.78, 5) is 43.7. The molecule has 0 radical (unpaired) electrons. The van der Waals surface area contributed by atoms with Gasteiger partial charge in [-0.3, -0.25) is 9.59 Å². The largest absolute Gasteiger partial charge is 0.481 e. The van der Waals surface area contributed by atoms with Crippen LogP contribution >= 0.6 is 0 Å². The molecule has 2 atom stereocenters. The maximum absolute atomic E-state index is 11.5. The van der Waals surface area contributed by atoms with Crippen LogP contribution in [-0.4, -0.2) is 52.7 Å². The summed E-state index contributed by atoms with van der Waals surface area (Å²) < 4.78 is 0. The quantitative estimate of drug-likeness (QED) is 0.401. The van der Waals surface area contributed by atoms with Gasteiger partial charge in [0, 0.05) is 25.4 Å². The molecule has 1 rings (SSSR count). The highest BCUT2D eigenvalue weighted by Gasteiger charge is 2.23. The van der Waals surface area contributed by atoms with Gasteiger partial charge in [0.05, 0.1) is 0 Å². The van der Waals surface area contributed by atoms with Gasteiger partial charge in [-0.05, 0) is 12.8 Å². The fourth-order valence-electron chi connectivity index (χ4n) is 1.78. The fourth-order valence-corrected chi connectivity index (χ4v) is 1.78. The molecule has 9 nitrogen and oxygen atoms in total. The zero-order chi connectivity index (χ0) is 15.1. The SMILES string of the molecule is O=C(O)CCC(NC(=O)NCC1CCC(=O)N1)C(=O)O. The number of nitrogens with one attached hydrogen (secondary N) is 3. The first-order valence-corrected chi connectivity index (χ1v) is 6.17. The number of hydrogen-bond acceptors (Lipinski definition) is 4. The summed E-state index contributed by atoms with van der Waals surface area (Å²) in [7, 11) is 0. The van der Waals surface area contributed by atoms with E-state index in [1.54, 1.807) is 0 Å². The van der Waals surface area contributed by atoms with Crippen LogP contribution in [0.4, 0.5) is 4.79 Å². The van der Waals surface area contributed by atoms with Crippen LogP contribution in [0.25, 0.3) is 0 Å². The van der Waals surface area contributed by atoms with Gasteiger partial charge in [0.15, 0.2) is 0 Å². The van der Waals surface area contributed by atoms with E-state index < -0.39 is 24.0 Å². The monoisotopic (exact) mass is 287 g/mol. The molecule has 2 unspecified atom stereocenters. The van der Waals surface area contributed by atoms with Crippen molar-refractivity contribution in [2.45, 2.75) is 37.8 Å². The predicted molar refractivity (Wildman–Crippen MR) is 66.0 cm³/mol. The number of carboxylic acids is 2. The Balaban J connectivity index is 2.32. The fraction of sp³-hybridized carbons (Fsp3) is 0.636. The van der Waals surface area contributed by atoms with Crippen molar-refractivity contribution in [1.29, 1.82) is 0 Å². The zero-order valence-electron chi connectivity index (χ0n) is 10.7. The first-order chi connectivity index (χ1) is 9.38. The summed E-state index contributed by atoms with van der Waals surface area (Å²) >= 11 is 0. The molecule has 1 aliphatic heterocycles. The second-order valence-electron chi connectivity index (χ2n) is 4.48. The van der Waals surface area contributed by atoms with Crippen molar-refractivity contribution in [2.24, 2.45) is 0 Å². The average molecular weight is 287 g/mol. The normalized spacial score (nSPS) is 19.0. The van der Waals surface area contributed by atoms with Gasteiger partial charge < -0.3 is 26.2 Å². The number of rotatable bonds is 7. The van der Waals surface area contributed by atoms with Gasteiger partial charge in [-0.1, -0.05) is 0 Å². The molecular weight excluding hydrogens is 270 g/mol. The summed E-state index contributed by atoms with van der Waals surface area (Å²) in [6.07, 6.45) is 0.471. The van der Waals surface area contributed by atoms with Crippen molar-refractivity contribution in [3.63, 3.8) is 0 Å². The number of amides is 3. The minimum Gasteiger partial charge on any atom is -0.481 e. The second-order valence-corrected chi connectivity index (χ2v) is 4.48. The summed E-state index contributed by atoms with van der Waals surface area (Å²) in [6, 6.07) is -2.12. The van der Waals surface area contributed by atoms with E-state index >= 15 is 0 Å². The molecule has 1 fully saturated rings. The van der Waals surface area contributed by atoms with Gasteiger partial charge in [-0.15, -0.1) is 0 Å². The molecule has 0 bridgehead atoms.